The van der Waals surface area contributed by atoms with E-state index in [9.17, 15) is 0 Å². The number of anilines is 1. The quantitative estimate of drug-likeness (QED) is 0.915. The van der Waals surface area contributed by atoms with Gasteiger partial charge < -0.3 is 14.5 Å². The fourth-order valence-electron chi connectivity index (χ4n) is 2.18. The summed E-state index contributed by atoms with van der Waals surface area (Å²) in [7, 11) is 2.07. The molecule has 0 aromatic carbocycles. The molecule has 106 valence electrons. The Morgan fingerprint density at radius 1 is 1.45 bits per heavy atom. The molecule has 6 heteroatoms. The van der Waals surface area contributed by atoms with E-state index >= 15 is 0 Å². The molecule has 3 heterocycles. The topological polar surface area (TPSA) is 63.4 Å². The van der Waals surface area contributed by atoms with Gasteiger partial charge in [0, 0.05) is 12.7 Å². The molecule has 0 saturated carbocycles. The van der Waals surface area contributed by atoms with Gasteiger partial charge in [-0.3, -0.25) is 4.90 Å². The van der Waals surface area contributed by atoms with Crippen molar-refractivity contribution in [2.45, 2.75) is 12.6 Å². The van der Waals surface area contributed by atoms with Gasteiger partial charge >= 0.3 is 0 Å². The van der Waals surface area contributed by atoms with Gasteiger partial charge in [-0.05, 0) is 25.2 Å². The predicted molar refractivity (Wildman–Crippen MR) is 74.3 cm³/mol. The minimum absolute atomic E-state index is 0.120. The van der Waals surface area contributed by atoms with Gasteiger partial charge in [-0.15, -0.1) is 0 Å². The van der Waals surface area contributed by atoms with Crippen molar-refractivity contribution in [3.8, 4) is 0 Å². The zero-order valence-corrected chi connectivity index (χ0v) is 11.5. The average molecular weight is 274 g/mol. The highest BCUT2D eigenvalue weighted by Crippen LogP contribution is 2.20. The molecule has 0 aliphatic carbocycles. The molecule has 3 rings (SSSR count). The van der Waals surface area contributed by atoms with Crippen LogP contribution in [0.3, 0.4) is 0 Å². The number of furan rings is 1. The van der Waals surface area contributed by atoms with Gasteiger partial charge in [0.05, 0.1) is 32.1 Å². The summed E-state index contributed by atoms with van der Waals surface area (Å²) in [6, 6.07) is 5.78. The highest BCUT2D eigenvalue weighted by Gasteiger charge is 2.23. The number of nitrogens with zero attached hydrogens (tertiary/aromatic N) is 3. The first kappa shape index (κ1) is 13.1. The van der Waals surface area contributed by atoms with Crippen LogP contribution >= 0.6 is 0 Å². The van der Waals surface area contributed by atoms with Gasteiger partial charge in [0.1, 0.15) is 17.4 Å². The lowest BCUT2D eigenvalue weighted by atomic mass is 10.2. The normalized spacial score (nSPS) is 19.9. The van der Waals surface area contributed by atoms with E-state index in [2.05, 4.69) is 27.2 Å². The molecule has 1 aliphatic heterocycles. The van der Waals surface area contributed by atoms with E-state index in [-0.39, 0.29) is 6.04 Å². The maximum absolute atomic E-state index is 5.51. The number of likely N-dealkylation sites (N-methyl/N-ethyl adjacent to an activating group) is 1. The van der Waals surface area contributed by atoms with Crippen molar-refractivity contribution in [2.24, 2.45) is 0 Å². The molecule has 0 spiro atoms. The second kappa shape index (κ2) is 6.02. The van der Waals surface area contributed by atoms with E-state index in [1.165, 1.54) is 0 Å². The third-order valence-corrected chi connectivity index (χ3v) is 3.39. The van der Waals surface area contributed by atoms with Gasteiger partial charge in [-0.1, -0.05) is 0 Å². The number of nitrogens with one attached hydrogen (secondary N) is 1. The lowest BCUT2D eigenvalue weighted by molar-refractivity contribution is 0.00187. The second-order valence-electron chi connectivity index (χ2n) is 4.80. The molecule has 1 N–H and O–H groups in total. The van der Waals surface area contributed by atoms with Crippen LogP contribution < -0.4 is 5.32 Å². The Kier molecular flexibility index (Phi) is 3.94. The average Bonchev–Trinajstić information content (AvgIpc) is 2.99. The van der Waals surface area contributed by atoms with Crippen molar-refractivity contribution in [3.63, 3.8) is 0 Å². The third-order valence-electron chi connectivity index (χ3n) is 3.39. The molecule has 2 aromatic heterocycles. The third kappa shape index (κ3) is 2.97. The van der Waals surface area contributed by atoms with Gasteiger partial charge in [0.2, 0.25) is 0 Å². The van der Waals surface area contributed by atoms with Crippen LogP contribution in [0.5, 0.6) is 0 Å². The van der Waals surface area contributed by atoms with Crippen LogP contribution in [-0.2, 0) is 11.3 Å². The Hall–Kier alpha value is -1.92. The summed E-state index contributed by atoms with van der Waals surface area (Å²) < 4.78 is 10.8. The largest absolute Gasteiger partial charge is 0.467 e. The molecular weight excluding hydrogens is 256 g/mol. The van der Waals surface area contributed by atoms with Gasteiger partial charge in [0.15, 0.2) is 0 Å². The monoisotopic (exact) mass is 274 g/mol. The summed E-state index contributed by atoms with van der Waals surface area (Å²) >= 11 is 0. The number of morpholine rings is 1. The van der Waals surface area contributed by atoms with Crippen molar-refractivity contribution in [1.29, 1.82) is 0 Å². The summed E-state index contributed by atoms with van der Waals surface area (Å²) in [5.74, 6) is 2.46. The highest BCUT2D eigenvalue weighted by atomic mass is 16.5. The Labute approximate surface area is 117 Å². The number of hydrogen-bond acceptors (Lipinski definition) is 6. The smallest absolute Gasteiger partial charge is 0.150 e. The number of hydrogen-bond donors (Lipinski definition) is 1. The van der Waals surface area contributed by atoms with Crippen LogP contribution in [0.25, 0.3) is 0 Å². The van der Waals surface area contributed by atoms with Crippen LogP contribution in [0.1, 0.15) is 17.6 Å². The van der Waals surface area contributed by atoms with E-state index < -0.39 is 0 Å². The van der Waals surface area contributed by atoms with E-state index in [1.807, 2.05) is 18.2 Å². The van der Waals surface area contributed by atoms with Crippen molar-refractivity contribution in [2.75, 3.05) is 32.1 Å². The zero-order valence-electron chi connectivity index (χ0n) is 11.5. The maximum atomic E-state index is 5.51. The van der Waals surface area contributed by atoms with Gasteiger partial charge in [0.25, 0.3) is 0 Å². The van der Waals surface area contributed by atoms with Crippen LogP contribution in [0.2, 0.25) is 0 Å². The number of rotatable bonds is 4. The Morgan fingerprint density at radius 3 is 3.20 bits per heavy atom. The van der Waals surface area contributed by atoms with Crippen LogP contribution in [0, 0.1) is 0 Å². The van der Waals surface area contributed by atoms with E-state index in [4.69, 9.17) is 9.15 Å². The lowest BCUT2D eigenvalue weighted by Gasteiger charge is -2.31. The summed E-state index contributed by atoms with van der Waals surface area (Å²) in [5, 5.41) is 3.24. The minimum atomic E-state index is 0.120. The standard InChI is InChI=1S/C14H18N4O2/c1-18-6-8-19-10-12(18)14-15-5-4-13(17-14)16-9-11-3-2-7-20-11/h2-5,7,12H,6,8-10H2,1H3,(H,15,16,17)/t12-/m0/s1. The molecular formula is C14H18N4O2. The molecule has 0 radical (unpaired) electrons. The first-order valence-electron chi connectivity index (χ1n) is 6.70. The minimum Gasteiger partial charge on any atom is -0.467 e. The van der Waals surface area contributed by atoms with E-state index in [1.54, 1.807) is 12.5 Å². The summed E-state index contributed by atoms with van der Waals surface area (Å²) in [4.78, 5) is 11.1. The van der Waals surface area contributed by atoms with Crippen molar-refractivity contribution < 1.29 is 9.15 Å². The Balaban J connectivity index is 1.69. The molecule has 1 saturated heterocycles. The summed E-state index contributed by atoms with van der Waals surface area (Å²) in [6.45, 7) is 2.92. The van der Waals surface area contributed by atoms with Gasteiger partial charge in [-0.2, -0.15) is 0 Å². The molecule has 1 fully saturated rings. The predicted octanol–water partition coefficient (Wildman–Crippen LogP) is 1.68. The lowest BCUT2D eigenvalue weighted by Crippen LogP contribution is -2.37. The molecule has 0 amide bonds. The SMILES string of the molecule is CN1CCOC[C@H]1c1nccc(NCc2ccco2)n1. The van der Waals surface area contributed by atoms with Crippen molar-refractivity contribution in [1.82, 2.24) is 14.9 Å². The summed E-state index contributed by atoms with van der Waals surface area (Å²) in [5.41, 5.74) is 0. The van der Waals surface area contributed by atoms with Crippen molar-refractivity contribution >= 4 is 5.82 Å². The first-order chi connectivity index (χ1) is 9.83. The number of ether oxygens (including phenoxy) is 1. The molecule has 0 unspecified atom stereocenters. The van der Waals surface area contributed by atoms with Crippen LogP contribution in [-0.4, -0.2) is 41.7 Å². The number of aromatic nitrogens is 2. The fourth-order valence-corrected chi connectivity index (χ4v) is 2.18. The molecule has 20 heavy (non-hydrogen) atoms. The Bertz CT molecular complexity index is 544. The zero-order chi connectivity index (χ0) is 13.8. The Morgan fingerprint density at radius 2 is 2.40 bits per heavy atom. The molecule has 1 atom stereocenters. The van der Waals surface area contributed by atoms with E-state index in [0.717, 1.165) is 30.6 Å². The fraction of sp³-hybridized carbons (Fsp3) is 0.429. The molecule has 2 aromatic rings. The van der Waals surface area contributed by atoms with Crippen LogP contribution in [0.4, 0.5) is 5.82 Å². The summed E-state index contributed by atoms with van der Waals surface area (Å²) in [6.07, 6.45) is 3.44. The molecule has 1 aliphatic rings. The van der Waals surface area contributed by atoms with E-state index in [0.29, 0.717) is 13.2 Å². The molecule has 0 bridgehead atoms. The first-order valence-corrected chi connectivity index (χ1v) is 6.70. The van der Waals surface area contributed by atoms with Gasteiger partial charge in [-0.25, -0.2) is 9.97 Å². The second-order valence-corrected chi connectivity index (χ2v) is 4.80. The van der Waals surface area contributed by atoms with Crippen LogP contribution in [0.15, 0.2) is 35.1 Å². The maximum Gasteiger partial charge on any atom is 0.150 e. The highest BCUT2D eigenvalue weighted by molar-refractivity contribution is 5.33. The molecule has 6 nitrogen and oxygen atoms in total. The van der Waals surface area contributed by atoms with Crippen molar-refractivity contribution in [3.05, 3.63) is 42.2 Å².